The van der Waals surface area contributed by atoms with E-state index in [0.717, 1.165) is 23.7 Å². The van der Waals surface area contributed by atoms with Crippen molar-refractivity contribution in [2.24, 2.45) is 0 Å². The number of rotatable bonds is 6. The first-order valence-electron chi connectivity index (χ1n) is 8.79. The van der Waals surface area contributed by atoms with Gasteiger partial charge in [0.1, 0.15) is 8.07 Å². The average molecular weight is 376 g/mol. The molecule has 0 saturated heterocycles. The van der Waals surface area contributed by atoms with E-state index in [1.54, 1.807) is 38.2 Å². The molecule has 0 aliphatic rings. The minimum Gasteiger partial charge on any atom is -0.207 e. The van der Waals surface area contributed by atoms with E-state index in [1.165, 1.54) is 4.31 Å². The predicted octanol–water partition coefficient (Wildman–Crippen LogP) is 4.06. The summed E-state index contributed by atoms with van der Waals surface area (Å²) in [6, 6.07) is 9.82. The lowest BCUT2D eigenvalue weighted by atomic mass is 10.2. The van der Waals surface area contributed by atoms with E-state index in [2.05, 4.69) is 44.1 Å². The van der Waals surface area contributed by atoms with Gasteiger partial charge in [-0.3, -0.25) is 0 Å². The number of nitrogens with zero attached hydrogens (tertiary/aromatic N) is 1. The minimum absolute atomic E-state index is 0.287. The highest BCUT2D eigenvalue weighted by Gasteiger charge is 2.25. The fourth-order valence-electron chi connectivity index (χ4n) is 2.50. The first kappa shape index (κ1) is 21.5. The van der Waals surface area contributed by atoms with Gasteiger partial charge in [-0.2, -0.15) is 4.31 Å². The molecule has 136 valence electrons. The fraction of sp³-hybridized carbons (Fsp3) is 0.500. The van der Waals surface area contributed by atoms with Gasteiger partial charge in [0, 0.05) is 7.05 Å². The van der Waals surface area contributed by atoms with Crippen molar-refractivity contribution < 1.29 is 8.42 Å². The Morgan fingerprint density at radius 3 is 2.04 bits per heavy atom. The van der Waals surface area contributed by atoms with E-state index in [9.17, 15) is 8.42 Å². The Hall–Kier alpha value is -1.53. The van der Waals surface area contributed by atoms with Gasteiger partial charge in [0.2, 0.25) is 10.0 Å². The van der Waals surface area contributed by atoms with Gasteiger partial charge in [-0.15, -0.1) is 5.54 Å². The van der Waals surface area contributed by atoms with Crippen molar-refractivity contribution in [1.29, 1.82) is 0 Å². The lowest BCUT2D eigenvalue weighted by Gasteiger charge is -2.20. The van der Waals surface area contributed by atoms with Gasteiger partial charge in [0.25, 0.3) is 0 Å². The molecule has 0 fully saturated rings. The highest BCUT2D eigenvalue weighted by Crippen LogP contribution is 2.19. The molecule has 1 atom stereocenters. The molecule has 0 spiro atoms. The Kier molecular flexibility index (Phi) is 7.95. The van der Waals surface area contributed by atoms with Crippen LogP contribution in [0.3, 0.4) is 0 Å². The number of aryl methyl sites for hydroxylation is 1. The van der Waals surface area contributed by atoms with Crippen LogP contribution in [0.4, 0.5) is 0 Å². The van der Waals surface area contributed by atoms with E-state index in [4.69, 9.17) is 0 Å². The van der Waals surface area contributed by atoms with Gasteiger partial charge >= 0.3 is 0 Å². The minimum atomic E-state index is -3.54. The van der Waals surface area contributed by atoms with Crippen LogP contribution in [0.15, 0.2) is 29.2 Å². The third-order valence-electron chi connectivity index (χ3n) is 4.94. The Balaban J connectivity index is 2.95. The molecule has 0 heterocycles. The van der Waals surface area contributed by atoms with Gasteiger partial charge in [0.15, 0.2) is 0 Å². The summed E-state index contributed by atoms with van der Waals surface area (Å²) >= 11 is 0. The van der Waals surface area contributed by atoms with E-state index < -0.39 is 24.1 Å². The van der Waals surface area contributed by atoms with Crippen LogP contribution in [-0.2, 0) is 10.0 Å². The van der Waals surface area contributed by atoms with Gasteiger partial charge < -0.3 is 0 Å². The first-order chi connectivity index (χ1) is 11.7. The second-order valence-electron chi connectivity index (χ2n) is 6.37. The molecular formula is C20H29NO2SSi. The lowest BCUT2D eigenvalue weighted by Crippen LogP contribution is -2.34. The van der Waals surface area contributed by atoms with Crippen molar-refractivity contribution in [3.05, 3.63) is 29.8 Å². The van der Waals surface area contributed by atoms with Gasteiger partial charge in [-0.05, 0) is 56.0 Å². The molecule has 0 aliphatic heterocycles. The first-order valence-corrected chi connectivity index (χ1v) is 12.9. The number of benzene rings is 1. The van der Waals surface area contributed by atoms with Crippen LogP contribution in [-0.4, -0.2) is 33.9 Å². The van der Waals surface area contributed by atoms with Crippen molar-refractivity contribution in [3.63, 3.8) is 0 Å². The van der Waals surface area contributed by atoms with Crippen LogP contribution in [0.2, 0.25) is 18.1 Å². The predicted molar refractivity (Wildman–Crippen MR) is 108 cm³/mol. The van der Waals surface area contributed by atoms with Gasteiger partial charge in [-0.25, -0.2) is 8.42 Å². The highest BCUT2D eigenvalue weighted by molar-refractivity contribution is 7.89. The molecule has 0 radical (unpaired) electrons. The molecule has 3 nitrogen and oxygen atoms in total. The Morgan fingerprint density at radius 2 is 1.56 bits per heavy atom. The fourth-order valence-corrected chi connectivity index (χ4v) is 6.13. The molecule has 5 heteroatoms. The maximum absolute atomic E-state index is 12.6. The SMILES string of the molecule is CC[Si](C#CC#CC(C)N(C)S(=O)(=O)c1ccc(C)cc1)(CC)CC. The lowest BCUT2D eigenvalue weighted by molar-refractivity contribution is 0.444. The zero-order valence-corrected chi connectivity index (χ0v) is 18.0. The second kappa shape index (κ2) is 9.24. The van der Waals surface area contributed by atoms with E-state index in [0.29, 0.717) is 0 Å². The van der Waals surface area contributed by atoms with Crippen molar-refractivity contribution in [2.75, 3.05) is 7.05 Å². The molecule has 0 aliphatic carbocycles. The highest BCUT2D eigenvalue weighted by atomic mass is 32.2. The molecule has 1 rings (SSSR count). The van der Waals surface area contributed by atoms with Crippen molar-refractivity contribution in [3.8, 4) is 23.3 Å². The summed E-state index contributed by atoms with van der Waals surface area (Å²) in [6.45, 7) is 10.3. The van der Waals surface area contributed by atoms with Gasteiger partial charge in [-0.1, -0.05) is 44.4 Å². The smallest absolute Gasteiger partial charge is 0.207 e. The van der Waals surface area contributed by atoms with Crippen LogP contribution >= 0.6 is 0 Å². The van der Waals surface area contributed by atoms with E-state index >= 15 is 0 Å². The standard InChI is InChI=1S/C20H29NO2SSi/c1-7-25(8-2,9-3)17-11-10-12-19(5)21(6)24(22,23)20-15-13-18(4)14-16-20/h13-16,19H,7-9H2,1-6H3. The molecule has 0 bridgehead atoms. The number of sulfonamides is 1. The maximum atomic E-state index is 12.6. The van der Waals surface area contributed by atoms with Crippen LogP contribution in [0.1, 0.15) is 33.3 Å². The van der Waals surface area contributed by atoms with Crippen LogP contribution in [0.25, 0.3) is 0 Å². The topological polar surface area (TPSA) is 37.4 Å². The number of hydrogen-bond donors (Lipinski definition) is 0. The summed E-state index contributed by atoms with van der Waals surface area (Å²) in [6.07, 6.45) is 0. The van der Waals surface area contributed by atoms with E-state index in [1.807, 2.05) is 6.92 Å². The normalized spacial score (nSPS) is 12.8. The second-order valence-corrected chi connectivity index (χ2v) is 13.3. The Bertz CT molecular complexity index is 780. The number of hydrogen-bond acceptors (Lipinski definition) is 2. The van der Waals surface area contributed by atoms with Crippen molar-refractivity contribution in [1.82, 2.24) is 4.31 Å². The van der Waals surface area contributed by atoms with E-state index in [-0.39, 0.29) is 4.90 Å². The quantitative estimate of drug-likeness (QED) is 0.555. The van der Waals surface area contributed by atoms with Crippen LogP contribution in [0, 0.1) is 30.2 Å². The van der Waals surface area contributed by atoms with Crippen LogP contribution in [0.5, 0.6) is 0 Å². The zero-order valence-electron chi connectivity index (χ0n) is 16.2. The largest absolute Gasteiger partial charge is 0.243 e. The molecule has 1 aromatic rings. The molecule has 25 heavy (non-hydrogen) atoms. The Morgan fingerprint density at radius 1 is 1.04 bits per heavy atom. The van der Waals surface area contributed by atoms with Crippen molar-refractivity contribution >= 4 is 18.1 Å². The molecule has 1 unspecified atom stereocenters. The monoisotopic (exact) mass is 375 g/mol. The molecule has 0 amide bonds. The summed E-state index contributed by atoms with van der Waals surface area (Å²) in [5, 5.41) is 0. The average Bonchev–Trinajstić information content (AvgIpc) is 2.62. The summed E-state index contributed by atoms with van der Waals surface area (Å²) < 4.78 is 26.6. The third-order valence-corrected chi connectivity index (χ3v) is 11.6. The van der Waals surface area contributed by atoms with Crippen LogP contribution < -0.4 is 0 Å². The molecule has 0 N–H and O–H groups in total. The molecule has 0 aromatic heterocycles. The van der Waals surface area contributed by atoms with Gasteiger partial charge in [0.05, 0.1) is 10.9 Å². The maximum Gasteiger partial charge on any atom is 0.243 e. The molecule has 1 aromatic carbocycles. The zero-order chi connectivity index (χ0) is 19.1. The third kappa shape index (κ3) is 5.47. The summed E-state index contributed by atoms with van der Waals surface area (Å²) in [5.41, 5.74) is 4.43. The molecule has 0 saturated carbocycles. The summed E-state index contributed by atoms with van der Waals surface area (Å²) in [7, 11) is -3.49. The summed E-state index contributed by atoms with van der Waals surface area (Å²) in [4.78, 5) is 0.287. The Labute approximate surface area is 154 Å². The summed E-state index contributed by atoms with van der Waals surface area (Å²) in [5.74, 6) is 8.83. The molecular weight excluding hydrogens is 346 g/mol. The van der Waals surface area contributed by atoms with Crippen molar-refractivity contribution in [2.45, 2.75) is 63.7 Å².